The summed E-state index contributed by atoms with van der Waals surface area (Å²) >= 11 is 0. The molecule has 4 atom stereocenters. The lowest BCUT2D eigenvalue weighted by atomic mass is 10.1. The van der Waals surface area contributed by atoms with Crippen molar-refractivity contribution in [3.8, 4) is 0 Å². The summed E-state index contributed by atoms with van der Waals surface area (Å²) in [7, 11) is 0. The molecule has 1 aromatic heterocycles. The Kier molecular flexibility index (Phi) is 2.97. The molecule has 0 spiro atoms. The second-order valence-corrected chi connectivity index (χ2v) is 4.22. The molecule has 1 aromatic rings. The van der Waals surface area contributed by atoms with Crippen LogP contribution < -0.4 is 11.2 Å². The van der Waals surface area contributed by atoms with E-state index in [0.29, 0.717) is 4.57 Å². The first-order valence-corrected chi connectivity index (χ1v) is 5.35. The highest BCUT2D eigenvalue weighted by Crippen LogP contribution is 2.37. The van der Waals surface area contributed by atoms with Gasteiger partial charge in [-0.05, 0) is 6.92 Å². The highest BCUT2D eigenvalue weighted by molar-refractivity contribution is 5.04. The average molecular weight is 277 g/mol. The van der Waals surface area contributed by atoms with Crippen LogP contribution >= 0.6 is 0 Å². The van der Waals surface area contributed by atoms with Crippen molar-refractivity contribution in [2.75, 3.05) is 6.61 Å². The second-order valence-electron chi connectivity index (χ2n) is 4.22. The van der Waals surface area contributed by atoms with Gasteiger partial charge in [-0.2, -0.15) is 0 Å². The van der Waals surface area contributed by atoms with Gasteiger partial charge in [-0.15, -0.1) is 0 Å². The lowest BCUT2D eigenvalue weighted by molar-refractivity contribution is -0.207. The van der Waals surface area contributed by atoms with Gasteiger partial charge in [0.2, 0.25) is 0 Å². The van der Waals surface area contributed by atoms with Crippen molar-refractivity contribution in [2.24, 2.45) is 0 Å². The van der Waals surface area contributed by atoms with Gasteiger partial charge in [0.15, 0.2) is 6.20 Å². The number of H-pyrrole nitrogens is 1. The normalized spacial score (nSPS) is 39.3. The standard InChI is InChI=1S/C10H13FN2O6/c1-4-2-13(9(18)12-7(4)17)8-5(15)6(16)10(11,3-14)19-8/h2,5-6,8,14-16H,3H2,1H3,(H,12,17,18)/t5-,6+,8-,10-/m1/s1/i8D. The highest BCUT2D eigenvalue weighted by atomic mass is 19.2. The minimum atomic E-state index is -3.09. The zero-order valence-corrected chi connectivity index (χ0v) is 9.83. The number of ether oxygens (including phenoxy) is 1. The highest BCUT2D eigenvalue weighted by Gasteiger charge is 2.55. The first-order chi connectivity index (χ1) is 9.15. The van der Waals surface area contributed by atoms with Crippen LogP contribution in [0.2, 0.25) is 0 Å². The SMILES string of the molecule is [2H][C@@]1(n2cc(C)c(=O)[nH]c2=O)O[C@](F)(CO)[C@@H](O)[C@H]1O. The molecule has 8 nitrogen and oxygen atoms in total. The fourth-order valence-electron chi connectivity index (χ4n) is 1.71. The van der Waals surface area contributed by atoms with Crippen LogP contribution in [0.25, 0.3) is 0 Å². The number of hydrogen-bond donors (Lipinski definition) is 4. The molecular weight excluding hydrogens is 263 g/mol. The first-order valence-electron chi connectivity index (χ1n) is 5.85. The molecule has 1 aliphatic rings. The Morgan fingerprint density at radius 1 is 1.63 bits per heavy atom. The van der Waals surface area contributed by atoms with E-state index in [2.05, 4.69) is 4.74 Å². The molecule has 1 saturated heterocycles. The van der Waals surface area contributed by atoms with Gasteiger partial charge in [-0.1, -0.05) is 0 Å². The van der Waals surface area contributed by atoms with E-state index >= 15 is 0 Å². The average Bonchev–Trinajstić information content (AvgIpc) is 2.56. The van der Waals surface area contributed by atoms with E-state index in [1.165, 1.54) is 6.92 Å². The minimum Gasteiger partial charge on any atom is -0.390 e. The maximum absolute atomic E-state index is 14.0. The maximum Gasteiger partial charge on any atom is 0.330 e. The zero-order valence-electron chi connectivity index (χ0n) is 10.8. The number of aliphatic hydroxyl groups is 3. The summed E-state index contributed by atoms with van der Waals surface area (Å²) in [5.74, 6) is -3.09. The summed E-state index contributed by atoms with van der Waals surface area (Å²) < 4.78 is 26.9. The van der Waals surface area contributed by atoms with Crippen LogP contribution in [0, 0.1) is 6.92 Å². The Balaban J connectivity index is 2.60. The van der Waals surface area contributed by atoms with E-state index in [4.69, 9.17) is 6.48 Å². The van der Waals surface area contributed by atoms with Crippen molar-refractivity contribution in [3.05, 3.63) is 32.6 Å². The third-order valence-electron chi connectivity index (χ3n) is 2.84. The second kappa shape index (κ2) is 4.53. The zero-order chi connectivity index (χ0) is 15.3. The van der Waals surface area contributed by atoms with Crippen LogP contribution in [0.4, 0.5) is 4.39 Å². The molecule has 2 rings (SSSR count). The number of aromatic amines is 1. The number of aryl methyl sites for hydroxylation is 1. The van der Waals surface area contributed by atoms with Crippen LogP contribution in [0.3, 0.4) is 0 Å². The fourth-order valence-corrected chi connectivity index (χ4v) is 1.71. The number of aromatic nitrogens is 2. The van der Waals surface area contributed by atoms with Gasteiger partial charge in [0.25, 0.3) is 11.4 Å². The van der Waals surface area contributed by atoms with Gasteiger partial charge in [-0.3, -0.25) is 14.3 Å². The number of alkyl halides is 1. The van der Waals surface area contributed by atoms with Crippen molar-refractivity contribution < 1.29 is 25.8 Å². The number of hydrogen-bond acceptors (Lipinski definition) is 6. The number of halogens is 1. The molecule has 106 valence electrons. The van der Waals surface area contributed by atoms with Crippen molar-refractivity contribution in [1.82, 2.24) is 9.55 Å². The maximum atomic E-state index is 14.0. The monoisotopic (exact) mass is 277 g/mol. The number of nitrogens with one attached hydrogen (secondary N) is 1. The van der Waals surface area contributed by atoms with E-state index < -0.39 is 42.1 Å². The molecule has 2 heterocycles. The largest absolute Gasteiger partial charge is 0.390 e. The molecule has 1 aliphatic heterocycles. The molecule has 0 aromatic carbocycles. The number of rotatable bonds is 2. The summed E-state index contributed by atoms with van der Waals surface area (Å²) in [6.45, 7) is 0.00752. The quantitative estimate of drug-likeness (QED) is 0.484. The van der Waals surface area contributed by atoms with Gasteiger partial charge >= 0.3 is 5.69 Å². The van der Waals surface area contributed by atoms with Gasteiger partial charge in [0.1, 0.15) is 18.8 Å². The number of aliphatic hydroxyl groups excluding tert-OH is 3. The lowest BCUT2D eigenvalue weighted by Crippen LogP contribution is -2.42. The van der Waals surface area contributed by atoms with E-state index in [0.717, 1.165) is 6.20 Å². The minimum absolute atomic E-state index is 0.0156. The van der Waals surface area contributed by atoms with Crippen LogP contribution in [0.1, 0.15) is 13.1 Å². The molecule has 0 amide bonds. The number of nitrogens with zero attached hydrogens (tertiary/aromatic N) is 1. The first kappa shape index (κ1) is 12.5. The van der Waals surface area contributed by atoms with Crippen molar-refractivity contribution in [2.45, 2.75) is 31.2 Å². The van der Waals surface area contributed by atoms with Crippen LogP contribution in [-0.2, 0) is 4.74 Å². The predicted molar refractivity (Wildman–Crippen MR) is 59.1 cm³/mol. The molecule has 0 bridgehead atoms. The summed E-state index contributed by atoms with van der Waals surface area (Å²) in [5, 5.41) is 28.1. The van der Waals surface area contributed by atoms with Crippen molar-refractivity contribution in [1.29, 1.82) is 0 Å². The van der Waals surface area contributed by atoms with Crippen LogP contribution in [-0.4, -0.2) is 49.5 Å². The molecule has 19 heavy (non-hydrogen) atoms. The summed E-state index contributed by atoms with van der Waals surface area (Å²) in [5.41, 5.74) is -1.82. The van der Waals surface area contributed by atoms with Gasteiger partial charge < -0.3 is 20.1 Å². The fraction of sp³-hybridized carbons (Fsp3) is 0.600. The molecule has 0 aliphatic carbocycles. The third kappa shape index (κ3) is 2.10. The van der Waals surface area contributed by atoms with Crippen molar-refractivity contribution in [3.63, 3.8) is 0 Å². The molecule has 0 unspecified atom stereocenters. The van der Waals surface area contributed by atoms with E-state index in [1.54, 1.807) is 0 Å². The molecule has 1 fully saturated rings. The Labute approximate surface area is 107 Å². The third-order valence-corrected chi connectivity index (χ3v) is 2.84. The van der Waals surface area contributed by atoms with Crippen LogP contribution in [0.15, 0.2) is 15.8 Å². The lowest BCUT2D eigenvalue weighted by Gasteiger charge is -2.20. The summed E-state index contributed by atoms with van der Waals surface area (Å²) in [6.07, 6.45) is -6.21. The Morgan fingerprint density at radius 3 is 2.79 bits per heavy atom. The Morgan fingerprint density at radius 2 is 2.26 bits per heavy atom. The van der Waals surface area contributed by atoms with E-state index in [9.17, 15) is 24.2 Å². The van der Waals surface area contributed by atoms with Crippen LogP contribution in [0.5, 0.6) is 0 Å². The Bertz CT molecular complexity index is 647. The van der Waals surface area contributed by atoms with E-state index in [-0.39, 0.29) is 5.56 Å². The van der Waals surface area contributed by atoms with Gasteiger partial charge in [0.05, 0.1) is 1.37 Å². The van der Waals surface area contributed by atoms with Gasteiger partial charge in [0, 0.05) is 11.8 Å². The smallest absolute Gasteiger partial charge is 0.330 e. The molecule has 0 radical (unpaired) electrons. The summed E-state index contributed by atoms with van der Waals surface area (Å²) in [4.78, 5) is 24.8. The van der Waals surface area contributed by atoms with Gasteiger partial charge in [-0.25, -0.2) is 9.18 Å². The van der Waals surface area contributed by atoms with Crippen molar-refractivity contribution >= 4 is 0 Å². The molecule has 0 saturated carbocycles. The predicted octanol–water partition coefficient (Wildman–Crippen LogP) is -2.25. The Hall–Kier alpha value is -1.55. The van der Waals surface area contributed by atoms with E-state index in [1.807, 2.05) is 4.98 Å². The molecular formula is C10H13FN2O6. The summed E-state index contributed by atoms with van der Waals surface area (Å²) in [6, 6.07) is 0. The molecule has 4 N–H and O–H groups in total. The molecule has 9 heteroatoms. The topological polar surface area (TPSA) is 125 Å².